The van der Waals surface area contributed by atoms with E-state index in [2.05, 4.69) is 51.9 Å². The predicted molar refractivity (Wildman–Crippen MR) is 108 cm³/mol. The van der Waals surface area contributed by atoms with Gasteiger partial charge in [-0.25, -0.2) is 4.98 Å². The maximum absolute atomic E-state index is 12.7. The lowest BCUT2D eigenvalue weighted by atomic mass is 10.1. The molecule has 5 rings (SSSR count). The third-order valence-corrected chi connectivity index (χ3v) is 6.62. The minimum absolute atomic E-state index is 0.0261. The molecule has 1 saturated carbocycles. The number of nitrogens with one attached hydrogen (secondary N) is 1. The van der Waals surface area contributed by atoms with Crippen LogP contribution in [0.15, 0.2) is 24.3 Å². The van der Waals surface area contributed by atoms with E-state index < -0.39 is 0 Å². The number of fused-ring (bicyclic) bond motifs is 1. The number of hydrogen-bond acceptors (Lipinski definition) is 4. The molecule has 0 atom stereocenters. The number of rotatable bonds is 4. The first kappa shape index (κ1) is 16.5. The standard InChI is InChI=1S/C20H20IN3O2/c1-11-6-17(15(7-16(11)21)12-2-3-12)22-18-5-4-13-8-24(14-9-26-10-14)20(25)19(13)23-18/h4-7,12,14H,2-3,8-10H2,1H3,(H,22,23). The summed E-state index contributed by atoms with van der Waals surface area (Å²) in [4.78, 5) is 19.2. The van der Waals surface area contributed by atoms with Crippen LogP contribution < -0.4 is 5.32 Å². The number of carbonyl (C=O) groups is 1. The second kappa shape index (κ2) is 6.20. The van der Waals surface area contributed by atoms with Gasteiger partial charge in [0.15, 0.2) is 0 Å². The molecule has 5 nitrogen and oxygen atoms in total. The Morgan fingerprint density at radius 2 is 2.08 bits per heavy atom. The van der Waals surface area contributed by atoms with Gasteiger partial charge in [-0.2, -0.15) is 0 Å². The van der Waals surface area contributed by atoms with Crippen molar-refractivity contribution in [1.29, 1.82) is 0 Å². The quantitative estimate of drug-likeness (QED) is 0.701. The van der Waals surface area contributed by atoms with Crippen molar-refractivity contribution in [3.8, 4) is 0 Å². The zero-order valence-electron chi connectivity index (χ0n) is 14.6. The number of amides is 1. The topological polar surface area (TPSA) is 54.5 Å². The third kappa shape index (κ3) is 2.79. The molecule has 1 aromatic heterocycles. The van der Waals surface area contributed by atoms with Crippen LogP contribution >= 0.6 is 22.6 Å². The number of hydrogen-bond donors (Lipinski definition) is 1. The molecule has 2 aliphatic heterocycles. The van der Waals surface area contributed by atoms with Crippen molar-refractivity contribution in [2.24, 2.45) is 0 Å². The van der Waals surface area contributed by atoms with E-state index in [0.29, 0.717) is 31.4 Å². The smallest absolute Gasteiger partial charge is 0.273 e. The Hall–Kier alpha value is -1.67. The Kier molecular flexibility index (Phi) is 3.93. The molecule has 134 valence electrons. The number of anilines is 2. The van der Waals surface area contributed by atoms with Gasteiger partial charge in [0.1, 0.15) is 11.5 Å². The van der Waals surface area contributed by atoms with Crippen molar-refractivity contribution >= 4 is 40.0 Å². The monoisotopic (exact) mass is 461 g/mol. The molecule has 0 radical (unpaired) electrons. The average Bonchev–Trinajstić information content (AvgIpc) is 3.36. The van der Waals surface area contributed by atoms with Crippen molar-refractivity contribution in [2.45, 2.75) is 38.3 Å². The molecule has 3 heterocycles. The number of halogens is 1. The van der Waals surface area contributed by atoms with Gasteiger partial charge in [0.05, 0.1) is 19.3 Å². The number of aromatic nitrogens is 1. The van der Waals surface area contributed by atoms with E-state index >= 15 is 0 Å². The van der Waals surface area contributed by atoms with E-state index in [9.17, 15) is 4.79 Å². The number of aryl methyl sites for hydroxylation is 1. The van der Waals surface area contributed by atoms with Crippen LogP contribution in [-0.4, -0.2) is 35.0 Å². The van der Waals surface area contributed by atoms with E-state index in [-0.39, 0.29) is 11.9 Å². The largest absolute Gasteiger partial charge is 0.377 e. The van der Waals surface area contributed by atoms with Gasteiger partial charge in [-0.3, -0.25) is 4.79 Å². The molecule has 2 aromatic rings. The zero-order valence-corrected chi connectivity index (χ0v) is 16.7. The SMILES string of the molecule is Cc1cc(Nc2ccc3c(n2)C(=O)N(C2COC2)C3)c(C2CC2)cc1I. The summed E-state index contributed by atoms with van der Waals surface area (Å²) in [5.41, 5.74) is 5.33. The molecule has 1 N–H and O–H groups in total. The number of ether oxygens (including phenoxy) is 1. The first-order valence-corrected chi connectivity index (χ1v) is 10.1. The van der Waals surface area contributed by atoms with Gasteiger partial charge in [0.2, 0.25) is 0 Å². The molecule has 2 fully saturated rings. The fourth-order valence-corrected chi connectivity index (χ4v) is 4.13. The highest BCUT2D eigenvalue weighted by Gasteiger charge is 2.37. The Balaban J connectivity index is 1.44. The first-order valence-electron chi connectivity index (χ1n) is 9.06. The maximum atomic E-state index is 12.7. The fraction of sp³-hybridized carbons (Fsp3) is 0.400. The van der Waals surface area contributed by atoms with Crippen molar-refractivity contribution in [3.05, 3.63) is 50.2 Å². The van der Waals surface area contributed by atoms with Crippen molar-refractivity contribution in [2.75, 3.05) is 18.5 Å². The average molecular weight is 461 g/mol. The molecule has 1 saturated heterocycles. The molecule has 6 heteroatoms. The van der Waals surface area contributed by atoms with Crippen LogP contribution in [-0.2, 0) is 11.3 Å². The van der Waals surface area contributed by atoms with Crippen LogP contribution in [0.25, 0.3) is 0 Å². The van der Waals surface area contributed by atoms with Gasteiger partial charge in [0, 0.05) is 21.4 Å². The van der Waals surface area contributed by atoms with Crippen LogP contribution in [0.5, 0.6) is 0 Å². The number of nitrogens with zero attached hydrogens (tertiary/aromatic N) is 2. The highest BCUT2D eigenvalue weighted by molar-refractivity contribution is 14.1. The van der Waals surface area contributed by atoms with E-state index in [1.54, 1.807) is 0 Å². The molecule has 1 aliphatic carbocycles. The molecule has 0 bridgehead atoms. The molecule has 26 heavy (non-hydrogen) atoms. The Bertz CT molecular complexity index is 906. The van der Waals surface area contributed by atoms with E-state index in [0.717, 1.165) is 17.1 Å². The van der Waals surface area contributed by atoms with Gasteiger partial charge in [-0.05, 0) is 77.6 Å². The summed E-state index contributed by atoms with van der Waals surface area (Å²) in [5.74, 6) is 1.42. The van der Waals surface area contributed by atoms with Crippen LogP contribution in [0, 0.1) is 10.5 Å². The minimum atomic E-state index is 0.0261. The predicted octanol–water partition coefficient (Wildman–Crippen LogP) is 3.97. The maximum Gasteiger partial charge on any atom is 0.273 e. The highest BCUT2D eigenvalue weighted by atomic mass is 127. The van der Waals surface area contributed by atoms with Gasteiger partial charge >= 0.3 is 0 Å². The first-order chi connectivity index (χ1) is 12.6. The van der Waals surface area contributed by atoms with Crippen molar-refractivity contribution in [1.82, 2.24) is 9.88 Å². The van der Waals surface area contributed by atoms with Crippen molar-refractivity contribution < 1.29 is 9.53 Å². The van der Waals surface area contributed by atoms with E-state index in [4.69, 9.17) is 4.74 Å². The molecule has 1 amide bonds. The number of benzene rings is 1. The molecule has 1 aromatic carbocycles. The van der Waals surface area contributed by atoms with Gasteiger partial charge < -0.3 is 15.0 Å². The van der Waals surface area contributed by atoms with Crippen LogP contribution in [0.3, 0.4) is 0 Å². The Morgan fingerprint density at radius 1 is 1.27 bits per heavy atom. The van der Waals surface area contributed by atoms with Crippen LogP contribution in [0.2, 0.25) is 0 Å². The fourth-order valence-electron chi connectivity index (χ4n) is 3.64. The lowest BCUT2D eigenvalue weighted by Gasteiger charge is -2.34. The highest BCUT2D eigenvalue weighted by Crippen LogP contribution is 2.45. The molecule has 0 unspecified atom stereocenters. The summed E-state index contributed by atoms with van der Waals surface area (Å²) in [7, 11) is 0. The van der Waals surface area contributed by atoms with Crippen LogP contribution in [0.1, 0.15) is 45.9 Å². The molecule has 3 aliphatic rings. The lowest BCUT2D eigenvalue weighted by molar-refractivity contribution is -0.0541. The van der Waals surface area contributed by atoms with Gasteiger partial charge in [-0.1, -0.05) is 6.07 Å². The summed E-state index contributed by atoms with van der Waals surface area (Å²) in [6.45, 7) is 4.04. The number of carbonyl (C=O) groups excluding carboxylic acids is 1. The number of pyridine rings is 1. The van der Waals surface area contributed by atoms with Crippen LogP contribution in [0.4, 0.5) is 11.5 Å². The molecular formula is C20H20IN3O2. The normalized spacial score (nSPS) is 19.5. The zero-order chi connectivity index (χ0) is 17.8. The summed E-state index contributed by atoms with van der Waals surface area (Å²) in [5, 5.41) is 3.47. The van der Waals surface area contributed by atoms with E-state index in [1.165, 1.54) is 27.5 Å². The van der Waals surface area contributed by atoms with Gasteiger partial charge in [-0.15, -0.1) is 0 Å². The van der Waals surface area contributed by atoms with Gasteiger partial charge in [0.25, 0.3) is 5.91 Å². The lowest BCUT2D eigenvalue weighted by Crippen LogP contribution is -2.49. The third-order valence-electron chi connectivity index (χ3n) is 5.45. The summed E-state index contributed by atoms with van der Waals surface area (Å²) in [6, 6.07) is 8.69. The second-order valence-electron chi connectivity index (χ2n) is 7.42. The summed E-state index contributed by atoms with van der Waals surface area (Å²) < 4.78 is 6.53. The second-order valence-corrected chi connectivity index (χ2v) is 8.58. The summed E-state index contributed by atoms with van der Waals surface area (Å²) >= 11 is 2.40. The minimum Gasteiger partial charge on any atom is -0.377 e. The van der Waals surface area contributed by atoms with Crippen molar-refractivity contribution in [3.63, 3.8) is 0 Å². The Labute approximate surface area is 166 Å². The molecule has 0 spiro atoms. The molecular weight excluding hydrogens is 441 g/mol. The Morgan fingerprint density at radius 3 is 2.77 bits per heavy atom. The summed E-state index contributed by atoms with van der Waals surface area (Å²) in [6.07, 6.45) is 2.50. The van der Waals surface area contributed by atoms with E-state index in [1.807, 2.05) is 17.0 Å².